The Morgan fingerprint density at radius 3 is 2.46 bits per heavy atom. The monoisotopic (exact) mass is 319 g/mol. The number of H-pyrrole nitrogens is 1. The number of nitrogens with two attached hydrogens (primary N) is 1. The molecule has 1 fully saturated rings. The molecule has 124 valence electrons. The fraction of sp³-hybridized carbons (Fsp3) is 0.364. The molecule has 0 spiro atoms. The molecular weight excluding hydrogens is 292 g/mol. The first-order chi connectivity index (χ1) is 11.9. The zero-order chi connectivity index (χ0) is 16.2. The fourth-order valence-corrected chi connectivity index (χ4v) is 4.23. The largest absolute Gasteiger partial charge is 0.361 e. The molecule has 4 rings (SSSR count). The molecule has 0 atom stereocenters. The van der Waals surface area contributed by atoms with Crippen LogP contribution in [0, 0.1) is 0 Å². The van der Waals surface area contributed by atoms with Gasteiger partial charge in [0, 0.05) is 23.5 Å². The topological polar surface area (TPSA) is 32.4 Å². The molecule has 2 aromatic carbocycles. The third-order valence-corrected chi connectivity index (χ3v) is 5.63. The van der Waals surface area contributed by atoms with Crippen molar-refractivity contribution in [2.45, 2.75) is 44.1 Å². The van der Waals surface area contributed by atoms with E-state index in [1.165, 1.54) is 54.3 Å². The Labute approximate surface area is 144 Å². The SMILES string of the molecule is c1ccc(C2CCC([NH2+]CCc3c[nH]c4ccccc34)CC2)cc1. The summed E-state index contributed by atoms with van der Waals surface area (Å²) in [5, 5.41) is 3.97. The lowest BCUT2D eigenvalue weighted by molar-refractivity contribution is -0.691. The summed E-state index contributed by atoms with van der Waals surface area (Å²) in [6, 6.07) is 20.5. The van der Waals surface area contributed by atoms with Gasteiger partial charge in [-0.2, -0.15) is 0 Å². The van der Waals surface area contributed by atoms with Crippen molar-refractivity contribution < 1.29 is 5.32 Å². The van der Waals surface area contributed by atoms with Gasteiger partial charge in [-0.15, -0.1) is 0 Å². The van der Waals surface area contributed by atoms with E-state index in [1.54, 1.807) is 0 Å². The Balaban J connectivity index is 1.26. The molecule has 2 nitrogen and oxygen atoms in total. The summed E-state index contributed by atoms with van der Waals surface area (Å²) in [5.41, 5.74) is 4.26. The van der Waals surface area contributed by atoms with Crippen LogP contribution < -0.4 is 5.32 Å². The average Bonchev–Trinajstić information content (AvgIpc) is 3.06. The summed E-state index contributed by atoms with van der Waals surface area (Å²) in [5.74, 6) is 0.782. The molecule has 3 aromatic rings. The molecule has 24 heavy (non-hydrogen) atoms. The molecule has 2 heteroatoms. The predicted molar refractivity (Wildman–Crippen MR) is 100 cm³/mol. The summed E-state index contributed by atoms with van der Waals surface area (Å²) in [4.78, 5) is 3.39. The molecule has 3 N–H and O–H groups in total. The molecule has 0 unspecified atom stereocenters. The van der Waals surface area contributed by atoms with E-state index in [0.717, 1.165) is 18.4 Å². The number of hydrogen-bond acceptors (Lipinski definition) is 0. The van der Waals surface area contributed by atoms with E-state index >= 15 is 0 Å². The third-order valence-electron chi connectivity index (χ3n) is 5.63. The van der Waals surface area contributed by atoms with Crippen molar-refractivity contribution >= 4 is 10.9 Å². The second-order valence-electron chi connectivity index (χ2n) is 7.16. The van der Waals surface area contributed by atoms with Gasteiger partial charge in [0.2, 0.25) is 0 Å². The summed E-state index contributed by atoms with van der Waals surface area (Å²) < 4.78 is 0. The van der Waals surface area contributed by atoms with Crippen LogP contribution in [0.4, 0.5) is 0 Å². The molecule has 0 saturated heterocycles. The van der Waals surface area contributed by atoms with Gasteiger partial charge in [0.25, 0.3) is 0 Å². The Morgan fingerprint density at radius 1 is 0.875 bits per heavy atom. The summed E-state index contributed by atoms with van der Waals surface area (Å²) in [7, 11) is 0. The van der Waals surface area contributed by atoms with E-state index < -0.39 is 0 Å². The molecule has 1 aromatic heterocycles. The predicted octanol–water partition coefficient (Wildman–Crippen LogP) is 4.00. The number of nitrogens with one attached hydrogen (secondary N) is 1. The normalized spacial score (nSPS) is 21.2. The molecule has 1 aliphatic rings. The van der Waals surface area contributed by atoms with Crippen LogP contribution >= 0.6 is 0 Å². The van der Waals surface area contributed by atoms with E-state index in [9.17, 15) is 0 Å². The van der Waals surface area contributed by atoms with Crippen molar-refractivity contribution in [3.63, 3.8) is 0 Å². The van der Waals surface area contributed by atoms with Crippen LogP contribution in [0.15, 0.2) is 60.8 Å². The maximum Gasteiger partial charge on any atom is 0.0859 e. The van der Waals surface area contributed by atoms with E-state index in [1.807, 2.05) is 0 Å². The lowest BCUT2D eigenvalue weighted by atomic mass is 9.82. The van der Waals surface area contributed by atoms with Gasteiger partial charge < -0.3 is 10.3 Å². The number of fused-ring (bicyclic) bond motifs is 1. The van der Waals surface area contributed by atoms with E-state index in [4.69, 9.17) is 0 Å². The molecule has 0 bridgehead atoms. The van der Waals surface area contributed by atoms with Gasteiger partial charge in [-0.05, 0) is 48.8 Å². The minimum Gasteiger partial charge on any atom is -0.361 e. The molecular formula is C22H27N2+. The second kappa shape index (κ2) is 7.23. The summed E-state index contributed by atoms with van der Waals surface area (Å²) >= 11 is 0. The summed E-state index contributed by atoms with van der Waals surface area (Å²) in [6.45, 7) is 1.20. The zero-order valence-corrected chi connectivity index (χ0v) is 14.2. The van der Waals surface area contributed by atoms with Crippen LogP contribution in [-0.4, -0.2) is 17.6 Å². The molecule has 1 heterocycles. The van der Waals surface area contributed by atoms with Crippen LogP contribution in [0.1, 0.15) is 42.7 Å². The quantitative estimate of drug-likeness (QED) is 0.712. The van der Waals surface area contributed by atoms with Gasteiger partial charge in [0.15, 0.2) is 0 Å². The number of hydrogen-bond donors (Lipinski definition) is 2. The van der Waals surface area contributed by atoms with Crippen molar-refractivity contribution in [3.8, 4) is 0 Å². The van der Waals surface area contributed by atoms with Crippen molar-refractivity contribution in [3.05, 3.63) is 71.9 Å². The van der Waals surface area contributed by atoms with Gasteiger partial charge in [-0.1, -0.05) is 48.5 Å². The molecule has 0 radical (unpaired) electrons. The van der Waals surface area contributed by atoms with Gasteiger partial charge >= 0.3 is 0 Å². The second-order valence-corrected chi connectivity index (χ2v) is 7.16. The summed E-state index contributed by atoms with van der Waals surface area (Å²) in [6.07, 6.45) is 8.74. The van der Waals surface area contributed by atoms with Gasteiger partial charge in [-0.3, -0.25) is 0 Å². The molecule has 1 saturated carbocycles. The van der Waals surface area contributed by atoms with Gasteiger partial charge in [0.1, 0.15) is 0 Å². The smallest absolute Gasteiger partial charge is 0.0859 e. The molecule has 0 aliphatic heterocycles. The van der Waals surface area contributed by atoms with Crippen LogP contribution in [0.3, 0.4) is 0 Å². The Kier molecular flexibility index (Phi) is 4.66. The number of para-hydroxylation sites is 1. The number of aromatic amines is 1. The van der Waals surface area contributed by atoms with Crippen molar-refractivity contribution in [1.82, 2.24) is 4.98 Å². The number of quaternary nitrogens is 1. The van der Waals surface area contributed by atoms with Crippen LogP contribution in [0.5, 0.6) is 0 Å². The lowest BCUT2D eigenvalue weighted by Crippen LogP contribution is -2.90. The van der Waals surface area contributed by atoms with E-state index in [0.29, 0.717) is 0 Å². The van der Waals surface area contributed by atoms with Gasteiger partial charge in [-0.25, -0.2) is 0 Å². The average molecular weight is 319 g/mol. The Morgan fingerprint density at radius 2 is 1.62 bits per heavy atom. The highest BCUT2D eigenvalue weighted by Crippen LogP contribution is 2.31. The highest BCUT2D eigenvalue weighted by Gasteiger charge is 2.24. The first-order valence-electron chi connectivity index (χ1n) is 9.33. The van der Waals surface area contributed by atoms with Crippen LogP contribution in [0.25, 0.3) is 10.9 Å². The molecule has 1 aliphatic carbocycles. The zero-order valence-electron chi connectivity index (χ0n) is 14.2. The van der Waals surface area contributed by atoms with Crippen molar-refractivity contribution in [2.75, 3.05) is 6.54 Å². The number of rotatable bonds is 5. The lowest BCUT2D eigenvalue weighted by Gasteiger charge is -2.27. The van der Waals surface area contributed by atoms with Crippen molar-refractivity contribution in [2.24, 2.45) is 0 Å². The highest BCUT2D eigenvalue weighted by atomic mass is 14.9. The standard InChI is InChI=1S/C22H26N2/c1-2-6-17(7-3-1)18-10-12-20(13-11-18)23-15-14-19-16-24-22-9-5-4-8-21(19)22/h1-9,16,18,20,23-24H,10-15H2/p+1. The maximum atomic E-state index is 3.39. The van der Waals surface area contributed by atoms with Crippen LogP contribution in [0.2, 0.25) is 0 Å². The Hall–Kier alpha value is -2.06. The highest BCUT2D eigenvalue weighted by molar-refractivity contribution is 5.82. The number of aromatic nitrogens is 1. The first kappa shape index (κ1) is 15.5. The minimum absolute atomic E-state index is 0.782. The fourth-order valence-electron chi connectivity index (χ4n) is 4.23. The third kappa shape index (κ3) is 3.39. The van der Waals surface area contributed by atoms with Gasteiger partial charge in [0.05, 0.1) is 12.6 Å². The van der Waals surface area contributed by atoms with E-state index in [2.05, 4.69) is 71.1 Å². The van der Waals surface area contributed by atoms with E-state index in [-0.39, 0.29) is 0 Å². The van der Waals surface area contributed by atoms with Crippen LogP contribution in [-0.2, 0) is 6.42 Å². The maximum absolute atomic E-state index is 3.39. The first-order valence-corrected chi connectivity index (χ1v) is 9.33. The minimum atomic E-state index is 0.782. The molecule has 0 amide bonds. The number of benzene rings is 2. The Bertz CT molecular complexity index is 767. The van der Waals surface area contributed by atoms with Crippen molar-refractivity contribution in [1.29, 1.82) is 0 Å².